The fourth-order valence-electron chi connectivity index (χ4n) is 9.50. The Balaban J connectivity index is 1.34. The Morgan fingerprint density at radius 3 is 1.81 bits per heavy atom. The maximum absolute atomic E-state index is 6.74. The molecular formula is C55H53BN2O. The first kappa shape index (κ1) is 37.3. The lowest BCUT2D eigenvalue weighted by Crippen LogP contribution is -2.61. The highest BCUT2D eigenvalue weighted by atomic mass is 16.3. The summed E-state index contributed by atoms with van der Waals surface area (Å²) in [6, 6.07) is 52.7. The molecule has 0 saturated heterocycles. The molecule has 0 saturated carbocycles. The van der Waals surface area contributed by atoms with E-state index in [1.807, 2.05) is 0 Å². The molecule has 0 N–H and O–H groups in total. The van der Waals surface area contributed by atoms with Crippen molar-refractivity contribution < 1.29 is 4.42 Å². The number of aryl methyl sites for hydroxylation is 1. The van der Waals surface area contributed by atoms with Crippen LogP contribution in [-0.2, 0) is 16.2 Å². The second kappa shape index (κ2) is 13.0. The molecule has 0 bridgehead atoms. The summed E-state index contributed by atoms with van der Waals surface area (Å²) in [4.78, 5) is 5.20. The quantitative estimate of drug-likeness (QED) is 0.167. The molecule has 0 radical (unpaired) electrons. The summed E-state index contributed by atoms with van der Waals surface area (Å²) in [6.45, 7) is 22.9. The van der Waals surface area contributed by atoms with Crippen LogP contribution in [0.1, 0.15) is 84.6 Å². The monoisotopic (exact) mass is 768 g/mol. The predicted octanol–water partition coefficient (Wildman–Crippen LogP) is 14.2. The van der Waals surface area contributed by atoms with Gasteiger partial charge in [-0.3, -0.25) is 0 Å². The number of benzene rings is 7. The maximum Gasteiger partial charge on any atom is 0.333 e. The second-order valence-electron chi connectivity index (χ2n) is 20.0. The van der Waals surface area contributed by atoms with Crippen LogP contribution in [0, 0.1) is 6.92 Å². The molecule has 292 valence electrons. The minimum absolute atomic E-state index is 0.0179. The lowest BCUT2D eigenvalue weighted by molar-refractivity contribution is 0.590. The van der Waals surface area contributed by atoms with E-state index in [1.165, 1.54) is 83.9 Å². The zero-order valence-corrected chi connectivity index (χ0v) is 36.2. The van der Waals surface area contributed by atoms with Crippen molar-refractivity contribution in [2.45, 2.75) is 85.5 Å². The normalized spacial score (nSPS) is 13.8. The van der Waals surface area contributed by atoms with E-state index < -0.39 is 0 Å². The molecule has 8 aromatic rings. The molecule has 3 heterocycles. The van der Waals surface area contributed by atoms with E-state index in [0.29, 0.717) is 0 Å². The van der Waals surface area contributed by atoms with Crippen LogP contribution in [0.2, 0.25) is 0 Å². The standard InChI is InChI=1S/C55H53BN2O/c1-34-28-44-40-26-22-38(55(8,9)10)31-47(40)58(39-24-20-36(21-25-39)53(2,3)4)56-45-33-51-43(41-18-14-15-19-50(41)59-51)32-48(45)57(49(29-34)52(44)56)46-27-23-37(54(5,6)7)30-42(46)35-16-12-11-13-17-35/h11-33H,1-10H3. The topological polar surface area (TPSA) is 19.6 Å². The largest absolute Gasteiger partial charge is 0.456 e. The highest BCUT2D eigenvalue weighted by molar-refractivity contribution is 6.93. The fraction of sp³-hybridized carbons (Fsp3) is 0.236. The van der Waals surface area contributed by atoms with Crippen LogP contribution in [0.4, 0.5) is 28.4 Å². The van der Waals surface area contributed by atoms with Crippen molar-refractivity contribution in [2.75, 3.05) is 9.71 Å². The summed E-state index contributed by atoms with van der Waals surface area (Å²) in [6.07, 6.45) is 0. The number of hydrogen-bond donors (Lipinski definition) is 0. The molecule has 0 spiro atoms. The number of hydrogen-bond acceptors (Lipinski definition) is 3. The van der Waals surface area contributed by atoms with E-state index in [1.54, 1.807) is 0 Å². The average Bonchev–Trinajstić information content (AvgIpc) is 3.56. The van der Waals surface area contributed by atoms with Crippen LogP contribution in [-0.4, -0.2) is 6.85 Å². The minimum atomic E-state index is -0.123. The molecule has 2 aliphatic rings. The van der Waals surface area contributed by atoms with Crippen molar-refractivity contribution >= 4 is 68.1 Å². The van der Waals surface area contributed by atoms with Gasteiger partial charge in [-0.05, 0) is 122 Å². The summed E-state index contributed by atoms with van der Waals surface area (Å²) in [5.41, 5.74) is 20.5. The molecule has 0 unspecified atom stereocenters. The first-order valence-corrected chi connectivity index (χ1v) is 21.2. The van der Waals surface area contributed by atoms with Crippen molar-refractivity contribution in [2.24, 2.45) is 0 Å². The van der Waals surface area contributed by atoms with Crippen LogP contribution >= 0.6 is 0 Å². The Morgan fingerprint density at radius 2 is 1.10 bits per heavy atom. The molecule has 0 aliphatic carbocycles. The Kier molecular flexibility index (Phi) is 8.22. The van der Waals surface area contributed by atoms with Gasteiger partial charge in [-0.2, -0.15) is 0 Å². The van der Waals surface area contributed by atoms with Gasteiger partial charge in [0.25, 0.3) is 0 Å². The molecule has 2 aliphatic heterocycles. The predicted molar refractivity (Wildman–Crippen MR) is 254 cm³/mol. The average molecular weight is 769 g/mol. The Bertz CT molecular complexity index is 2950. The highest BCUT2D eigenvalue weighted by Crippen LogP contribution is 2.51. The van der Waals surface area contributed by atoms with Gasteiger partial charge < -0.3 is 14.1 Å². The van der Waals surface area contributed by atoms with Gasteiger partial charge in [0, 0.05) is 44.6 Å². The van der Waals surface area contributed by atoms with Crippen molar-refractivity contribution in [3.05, 3.63) is 162 Å². The molecule has 0 atom stereocenters. The fourth-order valence-corrected chi connectivity index (χ4v) is 9.50. The first-order chi connectivity index (χ1) is 28.1. The van der Waals surface area contributed by atoms with E-state index in [9.17, 15) is 0 Å². The second-order valence-corrected chi connectivity index (χ2v) is 20.0. The van der Waals surface area contributed by atoms with E-state index in [0.717, 1.165) is 21.9 Å². The van der Waals surface area contributed by atoms with Crippen molar-refractivity contribution in [1.82, 2.24) is 0 Å². The highest BCUT2D eigenvalue weighted by Gasteiger charge is 2.46. The summed E-state index contributed by atoms with van der Waals surface area (Å²) in [5.74, 6) is 0. The van der Waals surface area contributed by atoms with Gasteiger partial charge in [0.1, 0.15) is 11.2 Å². The third kappa shape index (κ3) is 6.02. The number of fused-ring (bicyclic) bond motifs is 7. The summed E-state index contributed by atoms with van der Waals surface area (Å²) >= 11 is 0. The van der Waals surface area contributed by atoms with E-state index >= 15 is 0 Å². The van der Waals surface area contributed by atoms with Crippen molar-refractivity contribution in [3.8, 4) is 22.3 Å². The van der Waals surface area contributed by atoms with Gasteiger partial charge in [0.15, 0.2) is 0 Å². The summed E-state index contributed by atoms with van der Waals surface area (Å²) < 4.78 is 6.74. The SMILES string of the molecule is Cc1cc2c3c(c1)N(c1ccc(C(C)(C)C)cc1-c1ccccc1)c1cc4c(cc1B3N(c1ccc(C(C)(C)C)cc1)c1cc(C(C)(C)C)ccc1-2)oc1ccccc14. The molecule has 4 heteroatoms. The third-order valence-corrected chi connectivity index (χ3v) is 12.7. The van der Waals surface area contributed by atoms with Crippen molar-refractivity contribution in [1.29, 1.82) is 0 Å². The lowest BCUT2D eigenvalue weighted by atomic mass is 9.43. The molecule has 0 fully saturated rings. The number of furan rings is 1. The van der Waals surface area contributed by atoms with Gasteiger partial charge in [0.05, 0.1) is 5.69 Å². The molecule has 0 amide bonds. The van der Waals surface area contributed by atoms with E-state index in [-0.39, 0.29) is 23.1 Å². The lowest BCUT2D eigenvalue weighted by Gasteiger charge is -2.46. The van der Waals surface area contributed by atoms with Gasteiger partial charge in [-0.1, -0.05) is 147 Å². The molecular weight excluding hydrogens is 715 g/mol. The van der Waals surface area contributed by atoms with Gasteiger partial charge in [0.2, 0.25) is 0 Å². The summed E-state index contributed by atoms with van der Waals surface area (Å²) in [5, 5.41) is 2.26. The molecule has 1 aromatic heterocycles. The van der Waals surface area contributed by atoms with Crippen LogP contribution in [0.15, 0.2) is 144 Å². The minimum Gasteiger partial charge on any atom is -0.456 e. The summed E-state index contributed by atoms with van der Waals surface area (Å²) in [7, 11) is 0. The molecule has 10 rings (SSSR count). The van der Waals surface area contributed by atoms with E-state index in [4.69, 9.17) is 4.42 Å². The molecule has 3 nitrogen and oxygen atoms in total. The first-order valence-electron chi connectivity index (χ1n) is 21.2. The van der Waals surface area contributed by atoms with Gasteiger partial charge in [-0.25, -0.2) is 0 Å². The van der Waals surface area contributed by atoms with E-state index in [2.05, 4.69) is 218 Å². The van der Waals surface area contributed by atoms with Gasteiger partial charge in [-0.15, -0.1) is 0 Å². The van der Waals surface area contributed by atoms with Gasteiger partial charge >= 0.3 is 6.85 Å². The Hall–Kier alpha value is -6.00. The molecule has 7 aromatic carbocycles. The zero-order chi connectivity index (χ0) is 41.2. The number of rotatable bonds is 3. The van der Waals surface area contributed by atoms with Crippen molar-refractivity contribution in [3.63, 3.8) is 0 Å². The number of para-hydroxylation sites is 1. The third-order valence-electron chi connectivity index (χ3n) is 12.7. The number of nitrogens with zero attached hydrogens (tertiary/aromatic N) is 2. The number of anilines is 5. The Morgan fingerprint density at radius 1 is 0.458 bits per heavy atom. The smallest absolute Gasteiger partial charge is 0.333 e. The maximum atomic E-state index is 6.74. The zero-order valence-electron chi connectivity index (χ0n) is 36.2. The Labute approximate surface area is 350 Å². The van der Waals surface area contributed by atoms with Crippen LogP contribution < -0.4 is 20.6 Å². The van der Waals surface area contributed by atoms with Crippen LogP contribution in [0.25, 0.3) is 44.2 Å². The molecule has 59 heavy (non-hydrogen) atoms. The van der Waals surface area contributed by atoms with Crippen LogP contribution in [0.3, 0.4) is 0 Å². The van der Waals surface area contributed by atoms with Crippen LogP contribution in [0.5, 0.6) is 0 Å².